The van der Waals surface area contributed by atoms with Crippen LogP contribution < -0.4 is 10.6 Å². The number of ether oxygens (including phenoxy) is 1. The zero-order valence-corrected chi connectivity index (χ0v) is 14.2. The number of hydrogen-bond donors (Lipinski definition) is 2. The molecule has 0 atom stereocenters. The van der Waals surface area contributed by atoms with Crippen LogP contribution >= 0.6 is 0 Å². The molecule has 7 heteroatoms. The van der Waals surface area contributed by atoms with Gasteiger partial charge in [-0.25, -0.2) is 9.59 Å². The summed E-state index contributed by atoms with van der Waals surface area (Å²) in [6.07, 6.45) is 0. The Morgan fingerprint density at radius 1 is 1.21 bits per heavy atom. The van der Waals surface area contributed by atoms with E-state index >= 15 is 0 Å². The highest BCUT2D eigenvalue weighted by atomic mass is 16.5. The van der Waals surface area contributed by atoms with Crippen molar-refractivity contribution < 1.29 is 18.8 Å². The molecule has 7 nitrogen and oxygen atoms in total. The third-order valence-corrected chi connectivity index (χ3v) is 3.16. The number of nitrogens with zero attached hydrogens (tertiary/aromatic N) is 1. The first-order valence-corrected chi connectivity index (χ1v) is 7.62. The fourth-order valence-electron chi connectivity index (χ4n) is 1.94. The summed E-state index contributed by atoms with van der Waals surface area (Å²) in [7, 11) is 0. The largest absolute Gasteiger partial charge is 0.462 e. The van der Waals surface area contributed by atoms with Gasteiger partial charge in [-0.1, -0.05) is 38.1 Å². The number of carbonyl (C=O) groups excluding carboxylic acids is 2. The van der Waals surface area contributed by atoms with Crippen LogP contribution in [0.1, 0.15) is 43.8 Å². The molecule has 0 bridgehead atoms. The predicted octanol–water partition coefficient (Wildman–Crippen LogP) is 3.79. The maximum absolute atomic E-state index is 12.1. The molecule has 1 aromatic carbocycles. The van der Waals surface area contributed by atoms with Crippen molar-refractivity contribution in [3.05, 3.63) is 41.7 Å². The second-order valence-electron chi connectivity index (χ2n) is 6.17. The van der Waals surface area contributed by atoms with Crippen LogP contribution in [0.3, 0.4) is 0 Å². The molecule has 1 heterocycles. The number of para-hydroxylation sites is 1. The predicted molar refractivity (Wildman–Crippen MR) is 90.2 cm³/mol. The van der Waals surface area contributed by atoms with Gasteiger partial charge < -0.3 is 14.6 Å². The average molecular weight is 331 g/mol. The van der Waals surface area contributed by atoms with Crippen LogP contribution in [-0.2, 0) is 10.2 Å². The number of anilines is 2. The first-order valence-electron chi connectivity index (χ1n) is 7.62. The molecule has 2 amide bonds. The third kappa shape index (κ3) is 4.34. The Labute approximate surface area is 140 Å². The summed E-state index contributed by atoms with van der Waals surface area (Å²) in [5, 5.41) is 9.00. The van der Waals surface area contributed by atoms with E-state index in [4.69, 9.17) is 9.26 Å². The number of esters is 1. The van der Waals surface area contributed by atoms with E-state index in [1.54, 1.807) is 37.3 Å². The van der Waals surface area contributed by atoms with E-state index in [1.807, 2.05) is 20.8 Å². The van der Waals surface area contributed by atoms with Crippen molar-refractivity contribution in [3.63, 3.8) is 0 Å². The molecule has 0 radical (unpaired) electrons. The van der Waals surface area contributed by atoms with Gasteiger partial charge in [-0.2, -0.15) is 0 Å². The maximum Gasteiger partial charge on any atom is 0.340 e. The molecule has 2 rings (SSSR count). The zero-order valence-electron chi connectivity index (χ0n) is 14.2. The van der Waals surface area contributed by atoms with Crippen molar-refractivity contribution in [3.8, 4) is 0 Å². The van der Waals surface area contributed by atoms with Gasteiger partial charge in [0.15, 0.2) is 5.82 Å². The van der Waals surface area contributed by atoms with Crippen molar-refractivity contribution in [2.75, 3.05) is 17.2 Å². The van der Waals surface area contributed by atoms with Gasteiger partial charge in [-0.3, -0.25) is 5.32 Å². The second-order valence-corrected chi connectivity index (χ2v) is 6.17. The summed E-state index contributed by atoms with van der Waals surface area (Å²) in [4.78, 5) is 24.0. The summed E-state index contributed by atoms with van der Waals surface area (Å²) >= 11 is 0. The SMILES string of the molecule is CCOC(=O)c1ccccc1NC(=O)Nc1cc(C(C)(C)C)on1. The quantitative estimate of drug-likeness (QED) is 0.831. The lowest BCUT2D eigenvalue weighted by molar-refractivity contribution is 0.0527. The molecule has 128 valence electrons. The lowest BCUT2D eigenvalue weighted by atomic mass is 9.93. The highest BCUT2D eigenvalue weighted by Gasteiger charge is 2.20. The standard InChI is InChI=1S/C17H21N3O4/c1-5-23-15(21)11-8-6-7-9-12(11)18-16(22)19-14-10-13(24-20-14)17(2,3)4/h6-10H,5H2,1-4H3,(H2,18,19,20,22). The van der Waals surface area contributed by atoms with Crippen LogP contribution in [0.2, 0.25) is 0 Å². The fourth-order valence-corrected chi connectivity index (χ4v) is 1.94. The lowest BCUT2D eigenvalue weighted by Crippen LogP contribution is -2.21. The summed E-state index contributed by atoms with van der Waals surface area (Å²) in [5.41, 5.74) is 0.429. The first kappa shape index (κ1) is 17.5. The van der Waals surface area contributed by atoms with E-state index in [1.165, 1.54) is 0 Å². The van der Waals surface area contributed by atoms with Crippen molar-refractivity contribution in [1.82, 2.24) is 5.16 Å². The molecule has 24 heavy (non-hydrogen) atoms. The van der Waals surface area contributed by atoms with E-state index < -0.39 is 12.0 Å². The van der Waals surface area contributed by atoms with Crippen LogP contribution in [0.5, 0.6) is 0 Å². The van der Waals surface area contributed by atoms with Gasteiger partial charge in [0, 0.05) is 11.5 Å². The molecule has 0 aliphatic heterocycles. The van der Waals surface area contributed by atoms with Crippen LogP contribution in [0.15, 0.2) is 34.9 Å². The highest BCUT2D eigenvalue weighted by Crippen LogP contribution is 2.24. The number of urea groups is 1. The Morgan fingerprint density at radius 2 is 1.92 bits per heavy atom. The minimum Gasteiger partial charge on any atom is -0.462 e. The number of carbonyl (C=O) groups is 2. The third-order valence-electron chi connectivity index (χ3n) is 3.16. The Bertz CT molecular complexity index is 731. The number of hydrogen-bond acceptors (Lipinski definition) is 5. The average Bonchev–Trinajstić information content (AvgIpc) is 2.96. The number of rotatable bonds is 4. The maximum atomic E-state index is 12.1. The molecule has 1 aromatic heterocycles. The van der Waals surface area contributed by atoms with Crippen LogP contribution in [0, 0.1) is 0 Å². The molecule has 0 saturated carbocycles. The zero-order chi connectivity index (χ0) is 17.7. The van der Waals surface area contributed by atoms with Gasteiger partial charge in [0.2, 0.25) is 0 Å². The van der Waals surface area contributed by atoms with Gasteiger partial charge >= 0.3 is 12.0 Å². The number of benzene rings is 1. The number of amides is 2. The Balaban J connectivity index is 2.08. The molecular weight excluding hydrogens is 310 g/mol. The van der Waals surface area contributed by atoms with Crippen LogP contribution in [0.25, 0.3) is 0 Å². The van der Waals surface area contributed by atoms with E-state index in [0.29, 0.717) is 17.3 Å². The van der Waals surface area contributed by atoms with Crippen LogP contribution in [0.4, 0.5) is 16.3 Å². The van der Waals surface area contributed by atoms with E-state index in [0.717, 1.165) is 0 Å². The highest BCUT2D eigenvalue weighted by molar-refractivity contribution is 6.04. The molecule has 0 spiro atoms. The molecule has 0 saturated heterocycles. The van der Waals surface area contributed by atoms with Crippen molar-refractivity contribution in [1.29, 1.82) is 0 Å². The lowest BCUT2D eigenvalue weighted by Gasteiger charge is -2.12. The van der Waals surface area contributed by atoms with Gasteiger partial charge in [0.25, 0.3) is 0 Å². The Morgan fingerprint density at radius 3 is 2.54 bits per heavy atom. The van der Waals surface area contributed by atoms with E-state index in [-0.39, 0.29) is 17.6 Å². The summed E-state index contributed by atoms with van der Waals surface area (Å²) in [5.74, 6) is 0.459. The molecule has 0 fully saturated rings. The summed E-state index contributed by atoms with van der Waals surface area (Å²) in [6.45, 7) is 7.92. The Kier molecular flexibility index (Phi) is 5.23. The van der Waals surface area contributed by atoms with Gasteiger partial charge in [0.1, 0.15) is 5.76 Å². The molecule has 0 unspecified atom stereocenters. The van der Waals surface area contributed by atoms with Gasteiger partial charge in [0.05, 0.1) is 17.9 Å². The molecular formula is C17H21N3O4. The fraction of sp³-hybridized carbons (Fsp3) is 0.353. The van der Waals surface area contributed by atoms with E-state index in [2.05, 4.69) is 15.8 Å². The molecule has 0 aliphatic carbocycles. The summed E-state index contributed by atoms with van der Waals surface area (Å²) < 4.78 is 10.2. The Hall–Kier alpha value is -2.83. The summed E-state index contributed by atoms with van der Waals surface area (Å²) in [6, 6.07) is 7.75. The molecule has 2 aromatic rings. The topological polar surface area (TPSA) is 93.5 Å². The normalized spacial score (nSPS) is 11.0. The minimum atomic E-state index is -0.527. The number of nitrogens with one attached hydrogen (secondary N) is 2. The second kappa shape index (κ2) is 7.16. The number of aromatic nitrogens is 1. The van der Waals surface area contributed by atoms with Gasteiger partial charge in [-0.15, -0.1) is 0 Å². The molecule has 2 N–H and O–H groups in total. The van der Waals surface area contributed by atoms with Crippen molar-refractivity contribution >= 4 is 23.5 Å². The minimum absolute atomic E-state index is 0.208. The first-order chi connectivity index (χ1) is 11.3. The van der Waals surface area contributed by atoms with Crippen LogP contribution in [-0.4, -0.2) is 23.8 Å². The monoisotopic (exact) mass is 331 g/mol. The van der Waals surface area contributed by atoms with Gasteiger partial charge in [-0.05, 0) is 19.1 Å². The molecule has 0 aliphatic rings. The van der Waals surface area contributed by atoms with Crippen molar-refractivity contribution in [2.24, 2.45) is 0 Å². The smallest absolute Gasteiger partial charge is 0.340 e. The van der Waals surface area contributed by atoms with E-state index in [9.17, 15) is 9.59 Å². The van der Waals surface area contributed by atoms with Crippen molar-refractivity contribution in [2.45, 2.75) is 33.1 Å².